The lowest BCUT2D eigenvalue weighted by Crippen LogP contribution is -2.22. The van der Waals surface area contributed by atoms with E-state index >= 15 is 0 Å². The highest BCUT2D eigenvalue weighted by Crippen LogP contribution is 2.36. The maximum Gasteiger partial charge on any atom is 0.339 e. The summed E-state index contributed by atoms with van der Waals surface area (Å²) >= 11 is 0. The molecule has 1 atom stereocenters. The SMILES string of the molecule is CCC(Nc1ccccc1C(=O)OC)C1CC1. The molecule has 0 aromatic heterocycles. The molecular weight excluding hydrogens is 214 g/mol. The molecular formula is C14H19NO2. The fourth-order valence-electron chi connectivity index (χ4n) is 2.15. The molecule has 1 N–H and O–H groups in total. The molecule has 1 fully saturated rings. The molecule has 0 saturated heterocycles. The fourth-order valence-corrected chi connectivity index (χ4v) is 2.15. The molecule has 1 aliphatic carbocycles. The summed E-state index contributed by atoms with van der Waals surface area (Å²) in [4.78, 5) is 11.6. The van der Waals surface area contributed by atoms with Crippen molar-refractivity contribution in [3.05, 3.63) is 29.8 Å². The first kappa shape index (κ1) is 12.0. The van der Waals surface area contributed by atoms with Crippen LogP contribution in [0.3, 0.4) is 0 Å². The Morgan fingerprint density at radius 2 is 2.18 bits per heavy atom. The number of ether oxygens (including phenoxy) is 1. The Morgan fingerprint density at radius 3 is 2.76 bits per heavy atom. The lowest BCUT2D eigenvalue weighted by atomic mass is 10.1. The molecule has 1 aromatic rings. The van der Waals surface area contributed by atoms with Crippen LogP contribution in [0.1, 0.15) is 36.5 Å². The number of benzene rings is 1. The van der Waals surface area contributed by atoms with Crippen molar-refractivity contribution in [1.82, 2.24) is 0 Å². The Balaban J connectivity index is 2.16. The molecule has 3 nitrogen and oxygen atoms in total. The maximum atomic E-state index is 11.6. The molecule has 2 rings (SSSR count). The Kier molecular flexibility index (Phi) is 3.67. The molecule has 3 heteroatoms. The molecule has 92 valence electrons. The zero-order chi connectivity index (χ0) is 12.3. The second-order valence-electron chi connectivity index (χ2n) is 4.53. The number of hydrogen-bond donors (Lipinski definition) is 1. The second-order valence-corrected chi connectivity index (χ2v) is 4.53. The largest absolute Gasteiger partial charge is 0.465 e. The molecule has 0 aliphatic heterocycles. The van der Waals surface area contributed by atoms with E-state index in [1.165, 1.54) is 20.0 Å². The summed E-state index contributed by atoms with van der Waals surface area (Å²) in [7, 11) is 1.41. The molecule has 1 unspecified atom stereocenters. The first-order valence-electron chi connectivity index (χ1n) is 6.20. The highest BCUT2D eigenvalue weighted by molar-refractivity contribution is 5.95. The summed E-state index contributed by atoms with van der Waals surface area (Å²) in [5, 5.41) is 3.47. The van der Waals surface area contributed by atoms with Crippen LogP contribution in [0.5, 0.6) is 0 Å². The van der Waals surface area contributed by atoms with E-state index in [1.54, 1.807) is 6.07 Å². The number of esters is 1. The van der Waals surface area contributed by atoms with Crippen LogP contribution in [-0.2, 0) is 4.74 Å². The van der Waals surface area contributed by atoms with Crippen LogP contribution in [0.2, 0.25) is 0 Å². The van der Waals surface area contributed by atoms with Crippen LogP contribution < -0.4 is 5.32 Å². The van der Waals surface area contributed by atoms with Crippen molar-refractivity contribution in [1.29, 1.82) is 0 Å². The topological polar surface area (TPSA) is 38.3 Å². The van der Waals surface area contributed by atoms with E-state index in [9.17, 15) is 4.79 Å². The molecule has 1 aromatic carbocycles. The monoisotopic (exact) mass is 233 g/mol. The van der Waals surface area contributed by atoms with Crippen molar-refractivity contribution in [2.75, 3.05) is 12.4 Å². The minimum absolute atomic E-state index is 0.279. The minimum Gasteiger partial charge on any atom is -0.465 e. The standard InChI is InChI=1S/C14H19NO2/c1-3-12(10-8-9-10)15-13-7-5-4-6-11(13)14(16)17-2/h4-7,10,12,15H,3,8-9H2,1-2H3. The van der Waals surface area contributed by atoms with Gasteiger partial charge < -0.3 is 10.1 Å². The van der Waals surface area contributed by atoms with E-state index in [4.69, 9.17) is 4.74 Å². The van der Waals surface area contributed by atoms with Crippen molar-refractivity contribution < 1.29 is 9.53 Å². The summed E-state index contributed by atoms with van der Waals surface area (Å²) in [5.74, 6) is 0.490. The lowest BCUT2D eigenvalue weighted by molar-refractivity contribution is 0.0602. The normalized spacial score (nSPS) is 16.4. The van der Waals surface area contributed by atoms with Gasteiger partial charge in [0.25, 0.3) is 0 Å². The highest BCUT2D eigenvalue weighted by atomic mass is 16.5. The second kappa shape index (κ2) is 5.21. The highest BCUT2D eigenvalue weighted by Gasteiger charge is 2.30. The van der Waals surface area contributed by atoms with Gasteiger partial charge in [-0.25, -0.2) is 4.79 Å². The number of hydrogen-bond acceptors (Lipinski definition) is 3. The van der Waals surface area contributed by atoms with Gasteiger partial charge in [-0.2, -0.15) is 0 Å². The van der Waals surface area contributed by atoms with Gasteiger partial charge >= 0.3 is 5.97 Å². The number of nitrogens with one attached hydrogen (secondary N) is 1. The van der Waals surface area contributed by atoms with Gasteiger partial charge in [0.1, 0.15) is 0 Å². The third-order valence-electron chi connectivity index (χ3n) is 3.30. The van der Waals surface area contributed by atoms with Gasteiger partial charge in [0.05, 0.1) is 12.7 Å². The first-order valence-corrected chi connectivity index (χ1v) is 6.20. The fraction of sp³-hybridized carbons (Fsp3) is 0.500. The predicted molar refractivity (Wildman–Crippen MR) is 68.2 cm³/mol. The molecule has 1 aliphatic rings. The quantitative estimate of drug-likeness (QED) is 0.794. The molecule has 0 amide bonds. The van der Waals surface area contributed by atoms with Crippen LogP contribution in [0, 0.1) is 5.92 Å². The average molecular weight is 233 g/mol. The van der Waals surface area contributed by atoms with Crippen LogP contribution in [-0.4, -0.2) is 19.1 Å². The summed E-state index contributed by atoms with van der Waals surface area (Å²) in [6.45, 7) is 2.18. The van der Waals surface area contributed by atoms with Crippen LogP contribution in [0.4, 0.5) is 5.69 Å². The number of methoxy groups -OCH3 is 1. The number of para-hydroxylation sites is 1. The van der Waals surface area contributed by atoms with Crippen molar-refractivity contribution in [2.45, 2.75) is 32.2 Å². The summed E-state index contributed by atoms with van der Waals surface area (Å²) in [6.07, 6.45) is 3.68. The van der Waals surface area contributed by atoms with E-state index in [2.05, 4.69) is 12.2 Å². The van der Waals surface area contributed by atoms with E-state index < -0.39 is 0 Å². The van der Waals surface area contributed by atoms with Gasteiger partial charge in [-0.3, -0.25) is 0 Å². The summed E-state index contributed by atoms with van der Waals surface area (Å²) in [6, 6.07) is 8.01. The third kappa shape index (κ3) is 2.78. The zero-order valence-electron chi connectivity index (χ0n) is 10.4. The van der Waals surface area contributed by atoms with Crippen LogP contribution in [0.15, 0.2) is 24.3 Å². The summed E-state index contributed by atoms with van der Waals surface area (Å²) in [5.41, 5.74) is 1.51. The Labute approximate surface area is 102 Å². The summed E-state index contributed by atoms with van der Waals surface area (Å²) < 4.78 is 4.79. The number of carbonyl (C=O) groups excluding carboxylic acids is 1. The van der Waals surface area contributed by atoms with Gasteiger partial charge in [-0.05, 0) is 37.3 Å². The van der Waals surface area contributed by atoms with Crippen molar-refractivity contribution in [3.63, 3.8) is 0 Å². The van der Waals surface area contributed by atoms with Gasteiger partial charge in [0.2, 0.25) is 0 Å². The zero-order valence-corrected chi connectivity index (χ0v) is 10.4. The van der Waals surface area contributed by atoms with E-state index in [1.807, 2.05) is 18.2 Å². The molecule has 0 spiro atoms. The van der Waals surface area contributed by atoms with Crippen molar-refractivity contribution in [3.8, 4) is 0 Å². The van der Waals surface area contributed by atoms with E-state index in [0.29, 0.717) is 11.6 Å². The van der Waals surface area contributed by atoms with Crippen molar-refractivity contribution in [2.24, 2.45) is 5.92 Å². The third-order valence-corrected chi connectivity index (χ3v) is 3.30. The molecule has 0 bridgehead atoms. The number of rotatable bonds is 5. The minimum atomic E-state index is -0.279. The van der Waals surface area contributed by atoms with Gasteiger partial charge in [0, 0.05) is 11.7 Å². The van der Waals surface area contributed by atoms with Gasteiger partial charge in [-0.1, -0.05) is 19.1 Å². The van der Waals surface area contributed by atoms with Gasteiger partial charge in [-0.15, -0.1) is 0 Å². The first-order chi connectivity index (χ1) is 8.26. The number of anilines is 1. The number of carbonyl (C=O) groups is 1. The Bertz CT molecular complexity index is 399. The molecule has 1 saturated carbocycles. The smallest absolute Gasteiger partial charge is 0.339 e. The van der Waals surface area contributed by atoms with Crippen molar-refractivity contribution >= 4 is 11.7 Å². The maximum absolute atomic E-state index is 11.6. The average Bonchev–Trinajstić information content (AvgIpc) is 3.19. The lowest BCUT2D eigenvalue weighted by Gasteiger charge is -2.19. The molecule has 17 heavy (non-hydrogen) atoms. The van der Waals surface area contributed by atoms with Crippen LogP contribution >= 0.6 is 0 Å². The van der Waals surface area contributed by atoms with E-state index in [-0.39, 0.29) is 5.97 Å². The Morgan fingerprint density at radius 1 is 1.47 bits per heavy atom. The van der Waals surface area contributed by atoms with Crippen LogP contribution in [0.25, 0.3) is 0 Å². The predicted octanol–water partition coefficient (Wildman–Crippen LogP) is 3.07. The molecule has 0 radical (unpaired) electrons. The van der Waals surface area contributed by atoms with Gasteiger partial charge in [0.15, 0.2) is 0 Å². The Hall–Kier alpha value is -1.51. The molecule has 0 heterocycles. The van der Waals surface area contributed by atoms with E-state index in [0.717, 1.165) is 18.0 Å².